The molecule has 0 radical (unpaired) electrons. The van der Waals surface area contributed by atoms with Crippen LogP contribution in [-0.4, -0.2) is 0 Å². The van der Waals surface area contributed by atoms with Crippen LogP contribution in [0.3, 0.4) is 0 Å². The zero-order valence-corrected chi connectivity index (χ0v) is 19.3. The quantitative estimate of drug-likeness (QED) is 0.445. The van der Waals surface area contributed by atoms with E-state index < -0.39 is 0 Å². The Morgan fingerprint density at radius 1 is 1.21 bits per heavy atom. The number of aryl methyl sites for hydroxylation is 2. The first kappa shape index (κ1) is 21.5. The molecule has 0 N–H and O–H groups in total. The van der Waals surface area contributed by atoms with Gasteiger partial charge in [0.2, 0.25) is 0 Å². The average Bonchev–Trinajstić information content (AvgIpc) is 3.16. The van der Waals surface area contributed by atoms with Crippen molar-refractivity contribution in [3.05, 3.63) is 81.9 Å². The normalized spacial score (nSPS) is 13.2. The van der Waals surface area contributed by atoms with Gasteiger partial charge in [-0.25, -0.2) is 0 Å². The van der Waals surface area contributed by atoms with Gasteiger partial charge in [0, 0.05) is 15.4 Å². The Morgan fingerprint density at radius 2 is 2.00 bits per heavy atom. The molecule has 0 atom stereocenters. The number of hydrogen-bond acceptors (Lipinski definition) is 1. The van der Waals surface area contributed by atoms with E-state index in [-0.39, 0.29) is 0 Å². The molecule has 0 nitrogen and oxygen atoms in total. The van der Waals surface area contributed by atoms with Crippen molar-refractivity contribution in [2.45, 2.75) is 60.3 Å². The van der Waals surface area contributed by atoms with E-state index in [0.717, 1.165) is 16.9 Å². The minimum atomic E-state index is 0.619. The van der Waals surface area contributed by atoms with Crippen LogP contribution in [0.2, 0.25) is 0 Å². The summed E-state index contributed by atoms with van der Waals surface area (Å²) in [5, 5.41) is 0. The van der Waals surface area contributed by atoms with Gasteiger partial charge in [-0.05, 0) is 91.8 Å². The number of benzene rings is 2. The molecule has 0 saturated heterocycles. The van der Waals surface area contributed by atoms with E-state index in [1.54, 1.807) is 17.3 Å². The summed E-state index contributed by atoms with van der Waals surface area (Å²) in [5.41, 5.74) is 9.50. The predicted octanol–water partition coefficient (Wildman–Crippen LogP) is 7.82. The maximum absolute atomic E-state index is 4.43. The average molecular weight is 401 g/mol. The number of rotatable bonds is 6. The van der Waals surface area contributed by atoms with E-state index in [1.165, 1.54) is 52.0 Å². The van der Waals surface area contributed by atoms with Crippen LogP contribution in [0.1, 0.15) is 73.1 Å². The Morgan fingerprint density at radius 3 is 2.69 bits per heavy atom. The van der Waals surface area contributed by atoms with Gasteiger partial charge in [0.1, 0.15) is 0 Å². The van der Waals surface area contributed by atoms with Crippen molar-refractivity contribution in [3.8, 4) is 11.8 Å². The van der Waals surface area contributed by atoms with Gasteiger partial charge >= 0.3 is 0 Å². The lowest BCUT2D eigenvalue weighted by Crippen LogP contribution is -1.98. The van der Waals surface area contributed by atoms with Crippen molar-refractivity contribution >= 4 is 21.6 Å². The molecular weight excluding hydrogens is 368 g/mol. The summed E-state index contributed by atoms with van der Waals surface area (Å²) in [4.78, 5) is 2.41. The summed E-state index contributed by atoms with van der Waals surface area (Å²) in [6.45, 7) is 15.2. The first-order valence-electron chi connectivity index (χ1n) is 10.7. The standard InChI is InChI=1S/C28H32S/c1-7-10-24-18-23(15-16-25(24)17-19(3)4)21(6)29-27(8-2)28-20(5)13-14-22-11-9-12-26(22)28/h8,13-16,18-19H,6,9,11-12,17H2,1-5H3/b27-8-. The van der Waals surface area contributed by atoms with Crippen molar-refractivity contribution in [1.82, 2.24) is 0 Å². The van der Waals surface area contributed by atoms with Gasteiger partial charge in [-0.2, -0.15) is 0 Å². The Hall–Kier alpha value is -2.17. The summed E-state index contributed by atoms with van der Waals surface area (Å²) < 4.78 is 0. The SMILES string of the molecule is C=C(S/C(=C\C)c1c(C)ccc2c1CCC2)c1ccc(CC(C)C)c(C#CC)c1. The minimum Gasteiger partial charge on any atom is -0.101 e. The molecule has 0 aromatic heterocycles. The molecule has 0 unspecified atom stereocenters. The van der Waals surface area contributed by atoms with Crippen LogP contribution in [0.5, 0.6) is 0 Å². The summed E-state index contributed by atoms with van der Waals surface area (Å²) >= 11 is 1.80. The fourth-order valence-electron chi connectivity index (χ4n) is 4.19. The fraction of sp³-hybridized carbons (Fsp3) is 0.357. The second-order valence-electron chi connectivity index (χ2n) is 8.27. The summed E-state index contributed by atoms with van der Waals surface area (Å²) in [5.74, 6) is 7.00. The van der Waals surface area contributed by atoms with Gasteiger partial charge in [0.05, 0.1) is 0 Å². The third-order valence-electron chi connectivity index (χ3n) is 5.55. The van der Waals surface area contributed by atoms with Gasteiger partial charge in [-0.15, -0.1) is 5.92 Å². The van der Waals surface area contributed by atoms with E-state index in [2.05, 4.69) is 82.5 Å². The van der Waals surface area contributed by atoms with Gasteiger partial charge < -0.3 is 0 Å². The highest BCUT2D eigenvalue weighted by Gasteiger charge is 2.20. The molecule has 0 fully saturated rings. The zero-order valence-electron chi connectivity index (χ0n) is 18.5. The van der Waals surface area contributed by atoms with Crippen LogP contribution in [0.15, 0.2) is 43.0 Å². The lowest BCUT2D eigenvalue weighted by Gasteiger charge is -2.17. The van der Waals surface area contributed by atoms with E-state index in [9.17, 15) is 0 Å². The molecule has 1 aliphatic carbocycles. The van der Waals surface area contributed by atoms with Crippen LogP contribution in [0.25, 0.3) is 9.81 Å². The molecule has 3 rings (SSSR count). The molecule has 0 spiro atoms. The Bertz CT molecular complexity index is 1010. The molecule has 0 saturated carbocycles. The molecule has 0 bridgehead atoms. The summed E-state index contributed by atoms with van der Waals surface area (Å²) in [6, 6.07) is 11.3. The third-order valence-corrected chi connectivity index (χ3v) is 6.69. The van der Waals surface area contributed by atoms with Crippen molar-refractivity contribution in [3.63, 3.8) is 0 Å². The minimum absolute atomic E-state index is 0.619. The lowest BCUT2D eigenvalue weighted by atomic mass is 9.96. The number of fused-ring (bicyclic) bond motifs is 1. The summed E-state index contributed by atoms with van der Waals surface area (Å²) in [6.07, 6.45) is 6.97. The van der Waals surface area contributed by atoms with Crippen LogP contribution in [-0.2, 0) is 19.3 Å². The number of hydrogen-bond donors (Lipinski definition) is 0. The monoisotopic (exact) mass is 400 g/mol. The first-order chi connectivity index (χ1) is 13.9. The molecule has 150 valence electrons. The van der Waals surface area contributed by atoms with Crippen molar-refractivity contribution in [2.75, 3.05) is 0 Å². The number of allylic oxidation sites excluding steroid dienone is 1. The molecule has 29 heavy (non-hydrogen) atoms. The summed E-state index contributed by atoms with van der Waals surface area (Å²) in [7, 11) is 0. The molecule has 0 heterocycles. The molecule has 0 aliphatic heterocycles. The zero-order chi connectivity index (χ0) is 21.0. The smallest absolute Gasteiger partial charge is 0.0283 e. The Balaban J connectivity index is 1.91. The van der Waals surface area contributed by atoms with E-state index in [0.29, 0.717) is 5.92 Å². The van der Waals surface area contributed by atoms with E-state index >= 15 is 0 Å². The highest BCUT2D eigenvalue weighted by Crippen LogP contribution is 2.43. The van der Waals surface area contributed by atoms with Gasteiger partial charge in [0.15, 0.2) is 0 Å². The lowest BCUT2D eigenvalue weighted by molar-refractivity contribution is 0.646. The molecule has 2 aromatic carbocycles. The first-order valence-corrected chi connectivity index (χ1v) is 11.5. The van der Waals surface area contributed by atoms with Gasteiger partial charge in [0.25, 0.3) is 0 Å². The largest absolute Gasteiger partial charge is 0.101 e. The van der Waals surface area contributed by atoms with Crippen molar-refractivity contribution in [2.24, 2.45) is 5.92 Å². The number of thioether (sulfide) groups is 1. The predicted molar refractivity (Wildman–Crippen MR) is 131 cm³/mol. The molecule has 1 aliphatic rings. The van der Waals surface area contributed by atoms with Crippen LogP contribution < -0.4 is 0 Å². The third kappa shape index (κ3) is 4.88. The molecule has 2 aromatic rings. The highest BCUT2D eigenvalue weighted by atomic mass is 32.2. The van der Waals surface area contributed by atoms with Crippen molar-refractivity contribution < 1.29 is 0 Å². The highest BCUT2D eigenvalue weighted by molar-refractivity contribution is 8.16. The second kappa shape index (κ2) is 9.55. The van der Waals surface area contributed by atoms with Crippen LogP contribution >= 0.6 is 11.8 Å². The van der Waals surface area contributed by atoms with Gasteiger partial charge in [-0.1, -0.05) is 68.5 Å². The van der Waals surface area contributed by atoms with Crippen LogP contribution in [0, 0.1) is 24.7 Å². The maximum Gasteiger partial charge on any atom is 0.0283 e. The van der Waals surface area contributed by atoms with E-state index in [1.807, 2.05) is 6.92 Å². The maximum atomic E-state index is 4.43. The van der Waals surface area contributed by atoms with E-state index in [4.69, 9.17) is 0 Å². The fourth-order valence-corrected chi connectivity index (χ4v) is 5.21. The van der Waals surface area contributed by atoms with Crippen molar-refractivity contribution in [1.29, 1.82) is 0 Å². The van der Waals surface area contributed by atoms with Crippen LogP contribution in [0.4, 0.5) is 0 Å². The Kier molecular flexibility index (Phi) is 7.09. The second-order valence-corrected chi connectivity index (χ2v) is 9.41. The molecule has 0 amide bonds. The Labute approximate surface area is 181 Å². The molecule has 1 heteroatoms. The van der Waals surface area contributed by atoms with Gasteiger partial charge in [-0.3, -0.25) is 0 Å². The molecular formula is C28H32S. The topological polar surface area (TPSA) is 0 Å².